The molecule has 1 atom stereocenters. The summed E-state index contributed by atoms with van der Waals surface area (Å²) in [5.74, 6) is 0. The van der Waals surface area contributed by atoms with Crippen LogP contribution in [0, 0.1) is 0 Å². The summed E-state index contributed by atoms with van der Waals surface area (Å²) >= 11 is 1.38. The van der Waals surface area contributed by atoms with Crippen molar-refractivity contribution in [2.45, 2.75) is 18.9 Å². The molecule has 0 aliphatic carbocycles. The van der Waals surface area contributed by atoms with Crippen molar-refractivity contribution < 1.29 is 0 Å². The Bertz CT molecular complexity index is 385. The van der Waals surface area contributed by atoms with Crippen LogP contribution in [0.5, 0.6) is 0 Å². The molecule has 0 fully saturated rings. The van der Waals surface area contributed by atoms with Crippen LogP contribution in [0.15, 0.2) is 36.5 Å². The summed E-state index contributed by atoms with van der Waals surface area (Å²) in [6, 6.07) is 10.4. The first-order valence-corrected chi connectivity index (χ1v) is 5.70. The molecule has 2 aromatic rings. The van der Waals surface area contributed by atoms with E-state index in [-0.39, 0.29) is 6.04 Å². The van der Waals surface area contributed by atoms with Crippen LogP contribution in [0.25, 0.3) is 0 Å². The Balaban J connectivity index is 1.89. The number of nitrogens with two attached hydrogens (primary N) is 1. The van der Waals surface area contributed by atoms with E-state index >= 15 is 0 Å². The van der Waals surface area contributed by atoms with Crippen LogP contribution < -0.4 is 5.73 Å². The summed E-state index contributed by atoms with van der Waals surface area (Å²) in [5, 5.41) is 3.79. The lowest BCUT2D eigenvalue weighted by molar-refractivity contribution is 0.661. The van der Waals surface area contributed by atoms with Crippen LogP contribution >= 0.6 is 11.5 Å². The van der Waals surface area contributed by atoms with Crippen LogP contribution in [0.3, 0.4) is 0 Å². The fourth-order valence-electron chi connectivity index (χ4n) is 1.45. The van der Waals surface area contributed by atoms with Crippen LogP contribution in [0.4, 0.5) is 0 Å². The highest BCUT2D eigenvalue weighted by Gasteiger charge is 2.08. The van der Waals surface area contributed by atoms with E-state index in [4.69, 9.17) is 5.73 Å². The van der Waals surface area contributed by atoms with Crippen molar-refractivity contribution in [1.29, 1.82) is 0 Å². The van der Waals surface area contributed by atoms with Gasteiger partial charge in [0.1, 0.15) is 0 Å². The summed E-state index contributed by atoms with van der Waals surface area (Å²) in [4.78, 5) is 1.06. The van der Waals surface area contributed by atoms with Gasteiger partial charge in [0.25, 0.3) is 0 Å². The summed E-state index contributed by atoms with van der Waals surface area (Å²) in [7, 11) is 0. The monoisotopic (exact) mass is 219 g/mol. The average Bonchev–Trinajstić information content (AvgIpc) is 2.81. The summed E-state index contributed by atoms with van der Waals surface area (Å²) in [6.45, 7) is 0. The third-order valence-corrected chi connectivity index (χ3v) is 3.13. The number of hydrogen-bond donors (Lipinski definition) is 1. The number of benzene rings is 1. The first-order chi connectivity index (χ1) is 7.36. The normalized spacial score (nSPS) is 12.6. The van der Waals surface area contributed by atoms with Gasteiger partial charge in [-0.2, -0.15) is 0 Å². The molecule has 1 unspecified atom stereocenters. The maximum atomic E-state index is 6.02. The van der Waals surface area contributed by atoms with Crippen molar-refractivity contribution in [3.8, 4) is 0 Å². The standard InChI is InChI=1S/C11H13N3S/c12-10(11-8-13-14-15-11)7-6-9-4-2-1-3-5-9/h1-5,8,10H,6-7,12H2. The van der Waals surface area contributed by atoms with Crippen LogP contribution in [-0.4, -0.2) is 9.59 Å². The molecule has 2 N–H and O–H groups in total. The zero-order chi connectivity index (χ0) is 10.5. The third kappa shape index (κ3) is 2.84. The molecule has 2 rings (SSSR count). The van der Waals surface area contributed by atoms with Crippen LogP contribution in [-0.2, 0) is 6.42 Å². The predicted molar refractivity (Wildman–Crippen MR) is 61.6 cm³/mol. The van der Waals surface area contributed by atoms with Gasteiger partial charge in [-0.3, -0.25) is 0 Å². The Morgan fingerprint density at radius 1 is 1.27 bits per heavy atom. The third-order valence-electron chi connectivity index (χ3n) is 2.33. The molecule has 0 spiro atoms. The largest absolute Gasteiger partial charge is 0.323 e. The molecule has 4 heteroatoms. The Morgan fingerprint density at radius 3 is 2.73 bits per heavy atom. The van der Waals surface area contributed by atoms with Crippen molar-refractivity contribution in [2.75, 3.05) is 0 Å². The Labute approximate surface area is 93.1 Å². The van der Waals surface area contributed by atoms with Crippen LogP contribution in [0.1, 0.15) is 22.9 Å². The summed E-state index contributed by atoms with van der Waals surface area (Å²) in [6.07, 6.45) is 3.69. The lowest BCUT2D eigenvalue weighted by Gasteiger charge is -2.07. The first kappa shape index (κ1) is 10.3. The number of aromatic nitrogens is 2. The van der Waals surface area contributed by atoms with E-state index < -0.39 is 0 Å². The molecule has 1 aromatic heterocycles. The van der Waals surface area contributed by atoms with Gasteiger partial charge in [-0.1, -0.05) is 34.8 Å². The molecule has 0 radical (unpaired) electrons. The highest BCUT2D eigenvalue weighted by molar-refractivity contribution is 7.05. The van der Waals surface area contributed by atoms with Crippen LogP contribution in [0.2, 0.25) is 0 Å². The molecular weight excluding hydrogens is 206 g/mol. The topological polar surface area (TPSA) is 51.8 Å². The van der Waals surface area contributed by atoms with E-state index in [9.17, 15) is 0 Å². The Kier molecular flexibility index (Phi) is 3.42. The van der Waals surface area contributed by atoms with Gasteiger partial charge in [-0.15, -0.1) is 5.10 Å². The lowest BCUT2D eigenvalue weighted by atomic mass is 10.1. The average molecular weight is 219 g/mol. The second-order valence-electron chi connectivity index (χ2n) is 3.45. The number of rotatable bonds is 4. The van der Waals surface area contributed by atoms with E-state index in [1.54, 1.807) is 6.20 Å². The smallest absolute Gasteiger partial charge is 0.0669 e. The molecule has 3 nitrogen and oxygen atoms in total. The molecule has 0 saturated carbocycles. The Hall–Kier alpha value is -1.26. The predicted octanol–water partition coefficient (Wildman–Crippen LogP) is 2.17. The first-order valence-electron chi connectivity index (χ1n) is 4.93. The second-order valence-corrected chi connectivity index (χ2v) is 4.27. The van der Waals surface area contributed by atoms with Crippen molar-refractivity contribution in [3.05, 3.63) is 47.0 Å². The molecule has 1 heterocycles. The van der Waals surface area contributed by atoms with E-state index in [2.05, 4.69) is 33.9 Å². The summed E-state index contributed by atoms with van der Waals surface area (Å²) in [5.41, 5.74) is 7.34. The number of hydrogen-bond acceptors (Lipinski definition) is 4. The zero-order valence-corrected chi connectivity index (χ0v) is 9.15. The quantitative estimate of drug-likeness (QED) is 0.857. The summed E-state index contributed by atoms with van der Waals surface area (Å²) < 4.78 is 3.81. The Morgan fingerprint density at radius 2 is 2.07 bits per heavy atom. The van der Waals surface area contributed by atoms with Gasteiger partial charge in [0.2, 0.25) is 0 Å². The molecule has 78 valence electrons. The molecule has 0 aliphatic rings. The van der Waals surface area contributed by atoms with Gasteiger partial charge >= 0.3 is 0 Å². The molecule has 0 saturated heterocycles. The minimum Gasteiger partial charge on any atom is -0.323 e. The molecule has 0 amide bonds. The van der Waals surface area contributed by atoms with Gasteiger partial charge in [-0.05, 0) is 29.9 Å². The maximum absolute atomic E-state index is 6.02. The fourth-order valence-corrected chi connectivity index (χ4v) is 1.98. The van der Waals surface area contributed by atoms with E-state index in [0.717, 1.165) is 17.7 Å². The zero-order valence-electron chi connectivity index (χ0n) is 8.34. The van der Waals surface area contributed by atoms with E-state index in [1.807, 2.05) is 6.07 Å². The van der Waals surface area contributed by atoms with E-state index in [1.165, 1.54) is 17.1 Å². The molecule has 0 aliphatic heterocycles. The molecule has 15 heavy (non-hydrogen) atoms. The number of nitrogens with zero attached hydrogens (tertiary/aromatic N) is 2. The second kappa shape index (κ2) is 5.00. The number of aryl methyl sites for hydroxylation is 1. The maximum Gasteiger partial charge on any atom is 0.0669 e. The van der Waals surface area contributed by atoms with Gasteiger partial charge < -0.3 is 5.73 Å². The highest BCUT2D eigenvalue weighted by atomic mass is 32.1. The fraction of sp³-hybridized carbons (Fsp3) is 0.273. The molecule has 1 aromatic carbocycles. The highest BCUT2D eigenvalue weighted by Crippen LogP contribution is 2.18. The SMILES string of the molecule is NC(CCc1ccccc1)c1cnns1. The van der Waals surface area contributed by atoms with Gasteiger partial charge in [0, 0.05) is 6.04 Å². The van der Waals surface area contributed by atoms with Crippen molar-refractivity contribution in [2.24, 2.45) is 5.73 Å². The van der Waals surface area contributed by atoms with Gasteiger partial charge in [0.05, 0.1) is 11.1 Å². The van der Waals surface area contributed by atoms with Gasteiger partial charge in [-0.25, -0.2) is 0 Å². The molecule has 0 bridgehead atoms. The van der Waals surface area contributed by atoms with Crippen molar-refractivity contribution >= 4 is 11.5 Å². The van der Waals surface area contributed by atoms with Gasteiger partial charge in [0.15, 0.2) is 0 Å². The molecular formula is C11H13N3S. The minimum atomic E-state index is 0.0604. The van der Waals surface area contributed by atoms with Crippen molar-refractivity contribution in [3.63, 3.8) is 0 Å². The minimum absolute atomic E-state index is 0.0604. The van der Waals surface area contributed by atoms with Crippen molar-refractivity contribution in [1.82, 2.24) is 9.59 Å². The lowest BCUT2D eigenvalue weighted by Crippen LogP contribution is -2.09. The van der Waals surface area contributed by atoms with E-state index in [0.29, 0.717) is 0 Å².